The van der Waals surface area contributed by atoms with E-state index in [2.05, 4.69) is 43.5 Å². The number of rotatable bonds is 44. The molecule has 326 valence electrons. The minimum Gasteiger partial charge on any atom is -0.391 e. The minimum absolute atomic E-state index is 0.0870. The summed E-state index contributed by atoms with van der Waals surface area (Å²) in [4.78, 5) is 22.8. The zero-order valence-corrected chi connectivity index (χ0v) is 37.1. The smallest absolute Gasteiger partial charge is 0.391 e. The Kier molecular flexibility index (Phi) is 41.8. The van der Waals surface area contributed by atoms with Crippen LogP contribution in [0.25, 0.3) is 0 Å². The van der Waals surface area contributed by atoms with Crippen LogP contribution in [-0.2, 0) is 18.4 Å². The molecule has 0 fully saturated rings. The van der Waals surface area contributed by atoms with Gasteiger partial charge in [0, 0.05) is 13.0 Å². The van der Waals surface area contributed by atoms with Gasteiger partial charge in [-0.2, -0.15) is 0 Å². The number of aliphatic hydroxyl groups is 1. The van der Waals surface area contributed by atoms with E-state index in [9.17, 15) is 19.4 Å². The standard InChI is InChI=1S/C46H91N2O6P/c1-3-5-7-9-11-13-15-17-19-20-21-22-23-24-26-27-29-31-33-35-37-39-45(49)44(43-54-55(51,52)53-42-41-47)48-46(50)40-38-36-34-32-30-28-25-18-16-14-12-10-8-6-4-2/h12,14,18,25,44-45,49H,3-11,13,15-17,19-24,26-43,47H2,1-2H3,(H,48,50)(H,51,52)/b14-12-,25-18-. The maximum absolute atomic E-state index is 12.8. The molecule has 0 aliphatic heterocycles. The van der Waals surface area contributed by atoms with Crippen LogP contribution in [0.1, 0.15) is 232 Å². The molecular weight excluding hydrogens is 707 g/mol. The van der Waals surface area contributed by atoms with Crippen LogP contribution in [0.2, 0.25) is 0 Å². The highest BCUT2D eigenvalue weighted by Gasteiger charge is 2.27. The molecule has 55 heavy (non-hydrogen) atoms. The number of phosphoric acid groups is 1. The number of allylic oxidation sites excluding steroid dienone is 4. The molecule has 0 saturated heterocycles. The van der Waals surface area contributed by atoms with E-state index in [1.54, 1.807) is 0 Å². The maximum Gasteiger partial charge on any atom is 0.472 e. The molecule has 0 bridgehead atoms. The van der Waals surface area contributed by atoms with Crippen LogP contribution in [0.5, 0.6) is 0 Å². The number of nitrogens with two attached hydrogens (primary N) is 1. The van der Waals surface area contributed by atoms with Crippen molar-refractivity contribution < 1.29 is 28.4 Å². The van der Waals surface area contributed by atoms with Gasteiger partial charge in [0.25, 0.3) is 0 Å². The lowest BCUT2D eigenvalue weighted by Gasteiger charge is -2.25. The fourth-order valence-corrected chi connectivity index (χ4v) is 7.75. The molecule has 8 nitrogen and oxygen atoms in total. The highest BCUT2D eigenvalue weighted by atomic mass is 31.2. The summed E-state index contributed by atoms with van der Waals surface area (Å²) in [5.74, 6) is -0.173. The van der Waals surface area contributed by atoms with Crippen LogP contribution in [-0.4, -0.2) is 47.8 Å². The van der Waals surface area contributed by atoms with Crippen molar-refractivity contribution in [2.75, 3.05) is 19.8 Å². The number of carbonyl (C=O) groups excluding carboxylic acids is 1. The van der Waals surface area contributed by atoms with E-state index in [4.69, 9.17) is 14.8 Å². The summed E-state index contributed by atoms with van der Waals surface area (Å²) in [5.41, 5.74) is 5.39. The third-order valence-corrected chi connectivity index (χ3v) is 11.5. The average molecular weight is 799 g/mol. The lowest BCUT2D eigenvalue weighted by Crippen LogP contribution is -2.46. The average Bonchev–Trinajstić information content (AvgIpc) is 3.17. The molecule has 0 aromatic rings. The molecule has 0 saturated carbocycles. The number of hydrogen-bond donors (Lipinski definition) is 4. The van der Waals surface area contributed by atoms with Crippen molar-refractivity contribution in [3.8, 4) is 0 Å². The van der Waals surface area contributed by atoms with Gasteiger partial charge in [-0.1, -0.05) is 205 Å². The van der Waals surface area contributed by atoms with E-state index in [1.165, 1.54) is 141 Å². The van der Waals surface area contributed by atoms with E-state index >= 15 is 0 Å². The second kappa shape index (κ2) is 42.6. The molecule has 0 aliphatic carbocycles. The van der Waals surface area contributed by atoms with Crippen LogP contribution in [0.4, 0.5) is 0 Å². The number of unbranched alkanes of at least 4 members (excludes halogenated alkanes) is 28. The Morgan fingerprint density at radius 3 is 1.47 bits per heavy atom. The minimum atomic E-state index is -4.32. The Morgan fingerprint density at radius 1 is 0.600 bits per heavy atom. The molecular formula is C46H91N2O6P. The normalized spacial score (nSPS) is 14.2. The number of phosphoric ester groups is 1. The van der Waals surface area contributed by atoms with E-state index in [-0.39, 0.29) is 25.7 Å². The first kappa shape index (κ1) is 54.0. The van der Waals surface area contributed by atoms with Gasteiger partial charge in [0.15, 0.2) is 0 Å². The van der Waals surface area contributed by atoms with Crippen molar-refractivity contribution in [1.29, 1.82) is 0 Å². The Morgan fingerprint density at radius 2 is 1.00 bits per heavy atom. The largest absolute Gasteiger partial charge is 0.472 e. The summed E-state index contributed by atoms with van der Waals surface area (Å²) in [6.45, 7) is 4.19. The van der Waals surface area contributed by atoms with Crippen LogP contribution in [0.15, 0.2) is 24.3 Å². The van der Waals surface area contributed by atoms with Crippen molar-refractivity contribution in [2.45, 2.75) is 244 Å². The summed E-state index contributed by atoms with van der Waals surface area (Å²) >= 11 is 0. The van der Waals surface area contributed by atoms with Crippen molar-refractivity contribution in [1.82, 2.24) is 5.32 Å². The van der Waals surface area contributed by atoms with Gasteiger partial charge in [0.05, 0.1) is 25.4 Å². The van der Waals surface area contributed by atoms with E-state index in [0.29, 0.717) is 12.8 Å². The molecule has 9 heteroatoms. The van der Waals surface area contributed by atoms with Gasteiger partial charge in [-0.25, -0.2) is 4.57 Å². The highest BCUT2D eigenvalue weighted by Crippen LogP contribution is 2.43. The number of amides is 1. The molecule has 3 unspecified atom stereocenters. The summed E-state index contributed by atoms with van der Waals surface area (Å²) < 4.78 is 22.2. The zero-order valence-electron chi connectivity index (χ0n) is 36.2. The van der Waals surface area contributed by atoms with Crippen molar-refractivity contribution >= 4 is 13.7 Å². The predicted octanol–water partition coefficient (Wildman–Crippen LogP) is 13.3. The van der Waals surface area contributed by atoms with Crippen molar-refractivity contribution in [2.24, 2.45) is 5.73 Å². The first-order chi connectivity index (χ1) is 26.9. The number of carbonyl (C=O) groups is 1. The SMILES string of the molecule is CCCCC/C=C\C/C=C\CCCCCCCC(=O)NC(COP(=O)(O)OCCN)C(O)CCCCCCCCCCCCCCCCCCCCCCC. The Balaban J connectivity index is 4.09. The number of hydrogen-bond acceptors (Lipinski definition) is 6. The molecule has 0 heterocycles. The number of nitrogens with one attached hydrogen (secondary N) is 1. The molecule has 3 atom stereocenters. The predicted molar refractivity (Wildman–Crippen MR) is 235 cm³/mol. The molecule has 5 N–H and O–H groups in total. The lowest BCUT2D eigenvalue weighted by atomic mass is 10.0. The fourth-order valence-electron chi connectivity index (χ4n) is 6.99. The summed E-state index contributed by atoms with van der Waals surface area (Å²) in [6, 6.07) is -0.780. The Bertz CT molecular complexity index is 917. The summed E-state index contributed by atoms with van der Waals surface area (Å²) in [5, 5.41) is 13.8. The topological polar surface area (TPSA) is 131 Å². The van der Waals surface area contributed by atoms with Gasteiger partial charge in [-0.05, 0) is 44.9 Å². The summed E-state index contributed by atoms with van der Waals surface area (Å²) in [7, 11) is -4.32. The summed E-state index contributed by atoms with van der Waals surface area (Å²) in [6.07, 6.45) is 49.0. The van der Waals surface area contributed by atoms with Crippen LogP contribution >= 0.6 is 7.82 Å². The quantitative estimate of drug-likeness (QED) is 0.0274. The molecule has 0 aromatic heterocycles. The van der Waals surface area contributed by atoms with Crippen LogP contribution in [0.3, 0.4) is 0 Å². The molecule has 1 amide bonds. The molecule has 0 aromatic carbocycles. The highest BCUT2D eigenvalue weighted by molar-refractivity contribution is 7.47. The van der Waals surface area contributed by atoms with Gasteiger partial charge in [0.2, 0.25) is 5.91 Å². The van der Waals surface area contributed by atoms with E-state index < -0.39 is 20.0 Å². The van der Waals surface area contributed by atoms with Crippen molar-refractivity contribution in [3.63, 3.8) is 0 Å². The van der Waals surface area contributed by atoms with Crippen LogP contribution < -0.4 is 11.1 Å². The second-order valence-corrected chi connectivity index (χ2v) is 17.4. The Hall–Kier alpha value is -1.02. The number of aliphatic hydroxyl groups excluding tert-OH is 1. The monoisotopic (exact) mass is 799 g/mol. The molecule has 0 aliphatic rings. The van der Waals surface area contributed by atoms with Crippen molar-refractivity contribution in [3.05, 3.63) is 24.3 Å². The molecule has 0 rings (SSSR count). The van der Waals surface area contributed by atoms with Gasteiger partial charge in [-0.3, -0.25) is 13.8 Å². The molecule has 0 spiro atoms. The Labute approximate surface area is 340 Å². The second-order valence-electron chi connectivity index (χ2n) is 16.0. The first-order valence-electron chi connectivity index (χ1n) is 23.5. The lowest BCUT2D eigenvalue weighted by molar-refractivity contribution is -0.123. The maximum atomic E-state index is 12.8. The van der Waals surface area contributed by atoms with E-state index in [1.807, 2.05) is 0 Å². The molecule has 0 radical (unpaired) electrons. The van der Waals surface area contributed by atoms with Gasteiger partial charge in [-0.15, -0.1) is 0 Å². The van der Waals surface area contributed by atoms with E-state index in [0.717, 1.165) is 64.2 Å². The van der Waals surface area contributed by atoms with Crippen LogP contribution in [0, 0.1) is 0 Å². The fraction of sp³-hybridized carbons (Fsp3) is 0.891. The third kappa shape index (κ3) is 41.0. The first-order valence-corrected chi connectivity index (χ1v) is 24.9. The van der Waals surface area contributed by atoms with Gasteiger partial charge >= 0.3 is 7.82 Å². The van der Waals surface area contributed by atoms with Gasteiger partial charge < -0.3 is 21.1 Å². The van der Waals surface area contributed by atoms with Gasteiger partial charge in [0.1, 0.15) is 0 Å². The third-order valence-electron chi connectivity index (χ3n) is 10.6. The zero-order chi connectivity index (χ0) is 40.3.